The lowest BCUT2D eigenvalue weighted by Crippen LogP contribution is -2.41. The standard InChI is InChI=1S/C18H23N3S.HI/c1-19-17(20-12-9-16-8-5-13-22-16)21-14-18(10-11-18)15-6-3-2-4-7-15;/h2-8,13H,9-12,14H2,1H3,(H2,19,20,21);1H. The lowest BCUT2D eigenvalue weighted by molar-refractivity contribution is 0.645. The van der Waals surface area contributed by atoms with Gasteiger partial charge in [0.2, 0.25) is 0 Å². The van der Waals surface area contributed by atoms with Gasteiger partial charge in [0.15, 0.2) is 5.96 Å². The average molecular weight is 441 g/mol. The highest BCUT2D eigenvalue weighted by atomic mass is 127. The molecule has 1 aliphatic carbocycles. The first kappa shape index (κ1) is 18.3. The van der Waals surface area contributed by atoms with E-state index < -0.39 is 0 Å². The fourth-order valence-electron chi connectivity index (χ4n) is 2.74. The molecule has 0 atom stereocenters. The predicted molar refractivity (Wildman–Crippen MR) is 110 cm³/mol. The minimum atomic E-state index is 0. The second kappa shape index (κ2) is 8.68. The summed E-state index contributed by atoms with van der Waals surface area (Å²) in [6.07, 6.45) is 3.56. The van der Waals surface area contributed by atoms with Gasteiger partial charge in [0, 0.05) is 30.4 Å². The Morgan fingerprint density at radius 1 is 1.13 bits per heavy atom. The molecule has 1 saturated carbocycles. The van der Waals surface area contributed by atoms with Crippen molar-refractivity contribution in [3.8, 4) is 0 Å². The van der Waals surface area contributed by atoms with Crippen LogP contribution in [0.15, 0.2) is 52.8 Å². The van der Waals surface area contributed by atoms with Crippen molar-refractivity contribution < 1.29 is 0 Å². The minimum absolute atomic E-state index is 0. The summed E-state index contributed by atoms with van der Waals surface area (Å²) in [6.45, 7) is 1.87. The number of rotatable bonds is 6. The van der Waals surface area contributed by atoms with E-state index in [0.29, 0.717) is 5.41 Å². The molecule has 0 aliphatic heterocycles. The first-order valence-electron chi connectivity index (χ1n) is 7.85. The molecule has 1 aromatic heterocycles. The van der Waals surface area contributed by atoms with E-state index in [9.17, 15) is 0 Å². The maximum atomic E-state index is 4.33. The Balaban J connectivity index is 0.00000192. The van der Waals surface area contributed by atoms with E-state index in [2.05, 4.69) is 63.5 Å². The molecular formula is C18H24IN3S. The highest BCUT2D eigenvalue weighted by Crippen LogP contribution is 2.47. The molecule has 1 aliphatic rings. The Kier molecular flexibility index (Phi) is 6.89. The van der Waals surface area contributed by atoms with Crippen LogP contribution in [-0.2, 0) is 11.8 Å². The summed E-state index contributed by atoms with van der Waals surface area (Å²) in [7, 11) is 1.84. The number of thiophene rings is 1. The third-order valence-electron chi connectivity index (χ3n) is 4.30. The fraction of sp³-hybridized carbons (Fsp3) is 0.389. The summed E-state index contributed by atoms with van der Waals surface area (Å²) in [4.78, 5) is 5.74. The van der Waals surface area contributed by atoms with Gasteiger partial charge in [-0.1, -0.05) is 36.4 Å². The van der Waals surface area contributed by atoms with Gasteiger partial charge in [-0.2, -0.15) is 0 Å². The number of aliphatic imine (C=N–C) groups is 1. The molecule has 124 valence electrons. The molecule has 2 N–H and O–H groups in total. The van der Waals surface area contributed by atoms with Crippen molar-refractivity contribution in [1.29, 1.82) is 0 Å². The van der Waals surface area contributed by atoms with Gasteiger partial charge in [-0.15, -0.1) is 35.3 Å². The Morgan fingerprint density at radius 3 is 2.52 bits per heavy atom. The van der Waals surface area contributed by atoms with Crippen LogP contribution >= 0.6 is 35.3 Å². The molecule has 3 rings (SSSR count). The molecule has 1 heterocycles. The molecule has 0 saturated heterocycles. The van der Waals surface area contributed by atoms with Crippen molar-refractivity contribution in [2.24, 2.45) is 4.99 Å². The van der Waals surface area contributed by atoms with Gasteiger partial charge in [0.05, 0.1) is 0 Å². The van der Waals surface area contributed by atoms with E-state index in [1.807, 2.05) is 7.05 Å². The van der Waals surface area contributed by atoms with E-state index in [4.69, 9.17) is 0 Å². The number of halogens is 1. The number of benzene rings is 1. The highest BCUT2D eigenvalue weighted by Gasteiger charge is 2.43. The maximum Gasteiger partial charge on any atom is 0.191 e. The lowest BCUT2D eigenvalue weighted by atomic mass is 9.96. The van der Waals surface area contributed by atoms with Gasteiger partial charge >= 0.3 is 0 Å². The van der Waals surface area contributed by atoms with E-state index >= 15 is 0 Å². The number of nitrogens with zero attached hydrogens (tertiary/aromatic N) is 1. The van der Waals surface area contributed by atoms with Crippen LogP contribution in [0.2, 0.25) is 0 Å². The van der Waals surface area contributed by atoms with Gasteiger partial charge in [0.25, 0.3) is 0 Å². The van der Waals surface area contributed by atoms with Crippen molar-refractivity contribution in [2.45, 2.75) is 24.7 Å². The van der Waals surface area contributed by atoms with Crippen LogP contribution in [0.25, 0.3) is 0 Å². The molecule has 0 bridgehead atoms. The summed E-state index contributed by atoms with van der Waals surface area (Å²) in [6, 6.07) is 15.1. The molecule has 2 aromatic rings. The molecule has 1 aromatic carbocycles. The van der Waals surface area contributed by atoms with Crippen LogP contribution < -0.4 is 10.6 Å². The molecule has 0 amide bonds. The minimum Gasteiger partial charge on any atom is -0.356 e. The quantitative estimate of drug-likeness (QED) is 0.407. The summed E-state index contributed by atoms with van der Waals surface area (Å²) in [5.74, 6) is 0.902. The number of guanidine groups is 1. The van der Waals surface area contributed by atoms with Gasteiger partial charge in [0.1, 0.15) is 0 Å². The molecule has 23 heavy (non-hydrogen) atoms. The highest BCUT2D eigenvalue weighted by molar-refractivity contribution is 14.0. The molecule has 0 unspecified atom stereocenters. The second-order valence-electron chi connectivity index (χ2n) is 5.83. The first-order chi connectivity index (χ1) is 10.8. The van der Waals surface area contributed by atoms with E-state index in [-0.39, 0.29) is 24.0 Å². The number of hydrogen-bond acceptors (Lipinski definition) is 2. The Labute approximate surface area is 159 Å². The van der Waals surface area contributed by atoms with Gasteiger partial charge < -0.3 is 10.6 Å². The third kappa shape index (κ3) is 4.94. The zero-order valence-electron chi connectivity index (χ0n) is 13.4. The monoisotopic (exact) mass is 441 g/mol. The van der Waals surface area contributed by atoms with Crippen LogP contribution in [0.3, 0.4) is 0 Å². The zero-order valence-corrected chi connectivity index (χ0v) is 16.6. The lowest BCUT2D eigenvalue weighted by Gasteiger charge is -2.19. The number of nitrogens with one attached hydrogen (secondary N) is 2. The average Bonchev–Trinajstić information content (AvgIpc) is 3.18. The van der Waals surface area contributed by atoms with Crippen LogP contribution in [0.4, 0.5) is 0 Å². The molecule has 1 fully saturated rings. The molecular weight excluding hydrogens is 417 g/mol. The maximum absolute atomic E-state index is 4.33. The molecule has 0 radical (unpaired) electrons. The van der Waals surface area contributed by atoms with E-state index in [1.165, 1.54) is 23.3 Å². The topological polar surface area (TPSA) is 36.4 Å². The predicted octanol–water partition coefficient (Wildman–Crippen LogP) is 3.81. The van der Waals surface area contributed by atoms with Crippen LogP contribution in [0, 0.1) is 0 Å². The summed E-state index contributed by atoms with van der Waals surface area (Å²) >= 11 is 1.81. The molecule has 5 heteroatoms. The molecule has 0 spiro atoms. The van der Waals surface area contributed by atoms with Crippen LogP contribution in [0.1, 0.15) is 23.3 Å². The molecule has 3 nitrogen and oxygen atoms in total. The summed E-state index contributed by atoms with van der Waals surface area (Å²) in [5, 5.41) is 9.02. The Morgan fingerprint density at radius 2 is 1.91 bits per heavy atom. The van der Waals surface area contributed by atoms with E-state index in [0.717, 1.165) is 25.5 Å². The summed E-state index contributed by atoms with van der Waals surface area (Å²) < 4.78 is 0. The van der Waals surface area contributed by atoms with Crippen LogP contribution in [-0.4, -0.2) is 26.1 Å². The van der Waals surface area contributed by atoms with Crippen LogP contribution in [0.5, 0.6) is 0 Å². The largest absolute Gasteiger partial charge is 0.356 e. The van der Waals surface area contributed by atoms with Crippen molar-refractivity contribution in [3.05, 3.63) is 58.3 Å². The van der Waals surface area contributed by atoms with Crippen molar-refractivity contribution in [2.75, 3.05) is 20.1 Å². The van der Waals surface area contributed by atoms with E-state index in [1.54, 1.807) is 11.3 Å². The van der Waals surface area contributed by atoms with Crippen molar-refractivity contribution >= 4 is 41.3 Å². The fourth-order valence-corrected chi connectivity index (χ4v) is 3.45. The smallest absolute Gasteiger partial charge is 0.191 e. The van der Waals surface area contributed by atoms with Gasteiger partial charge in [-0.3, -0.25) is 4.99 Å². The second-order valence-corrected chi connectivity index (χ2v) is 6.86. The van der Waals surface area contributed by atoms with Crippen molar-refractivity contribution in [1.82, 2.24) is 10.6 Å². The van der Waals surface area contributed by atoms with Gasteiger partial charge in [-0.05, 0) is 36.3 Å². The van der Waals surface area contributed by atoms with Crippen molar-refractivity contribution in [3.63, 3.8) is 0 Å². The first-order valence-corrected chi connectivity index (χ1v) is 8.73. The summed E-state index contributed by atoms with van der Waals surface area (Å²) in [5.41, 5.74) is 1.75. The zero-order chi connectivity index (χ0) is 15.3. The Bertz CT molecular complexity index is 606. The number of hydrogen-bond donors (Lipinski definition) is 2. The third-order valence-corrected chi connectivity index (χ3v) is 5.24. The SMILES string of the molecule is CN=C(NCCc1cccs1)NCC1(c2ccccc2)CC1.I. The Hall–Kier alpha value is -1.08. The normalized spacial score (nSPS) is 15.6. The van der Waals surface area contributed by atoms with Gasteiger partial charge in [-0.25, -0.2) is 0 Å².